The molecule has 0 aromatic heterocycles. The van der Waals surface area contributed by atoms with Gasteiger partial charge in [0.05, 0.1) is 25.3 Å². The molecule has 0 N–H and O–H groups in total. The van der Waals surface area contributed by atoms with Gasteiger partial charge in [-0.05, 0) is 54.1 Å². The maximum atomic E-state index is 13.1. The minimum absolute atomic E-state index is 0.00112. The Morgan fingerprint density at radius 2 is 1.19 bits per heavy atom. The molecule has 1 heterocycles. The fourth-order valence-corrected chi connectivity index (χ4v) is 3.40. The first-order valence-electron chi connectivity index (χ1n) is 10.00. The summed E-state index contributed by atoms with van der Waals surface area (Å²) in [5.41, 5.74) is 4.00. The predicted molar refractivity (Wildman–Crippen MR) is 119 cm³/mol. The van der Waals surface area contributed by atoms with E-state index in [0.29, 0.717) is 35.4 Å². The topological polar surface area (TPSA) is 72.9 Å². The lowest BCUT2D eigenvalue weighted by Gasteiger charge is -2.28. The molecule has 0 unspecified atom stereocenters. The standard InChI is InChI=1S/C25H25NO5/c1-4-26-15-21(13-17-5-9-19(10-6-17)24(28)30-2)23(27)22(16-26)14-18-7-11-20(12-8-18)25(29)31-3/h5-14H,4,15-16H2,1-3H3/b21-13+,22-14+. The maximum absolute atomic E-state index is 13.1. The Bertz CT molecular complexity index is 951. The number of benzene rings is 2. The number of carbonyl (C=O) groups is 3. The third kappa shape index (κ3) is 5.35. The van der Waals surface area contributed by atoms with Gasteiger partial charge in [0.25, 0.3) is 0 Å². The van der Waals surface area contributed by atoms with Gasteiger partial charge < -0.3 is 9.47 Å². The number of esters is 2. The molecule has 0 radical (unpaired) electrons. The maximum Gasteiger partial charge on any atom is 0.337 e. The third-order valence-corrected chi connectivity index (χ3v) is 5.16. The molecule has 2 aromatic rings. The molecular weight excluding hydrogens is 394 g/mol. The smallest absolute Gasteiger partial charge is 0.337 e. The Morgan fingerprint density at radius 1 is 0.806 bits per heavy atom. The van der Waals surface area contributed by atoms with Gasteiger partial charge in [0, 0.05) is 24.2 Å². The van der Waals surface area contributed by atoms with Crippen molar-refractivity contribution in [2.45, 2.75) is 6.92 Å². The number of nitrogens with zero attached hydrogens (tertiary/aromatic N) is 1. The average molecular weight is 419 g/mol. The summed E-state index contributed by atoms with van der Waals surface area (Å²) in [6, 6.07) is 13.9. The van der Waals surface area contributed by atoms with Gasteiger partial charge in [-0.25, -0.2) is 9.59 Å². The predicted octanol–water partition coefficient (Wildman–Crippen LogP) is 3.63. The quantitative estimate of drug-likeness (QED) is 0.544. The van der Waals surface area contributed by atoms with E-state index in [4.69, 9.17) is 9.47 Å². The summed E-state index contributed by atoms with van der Waals surface area (Å²) in [4.78, 5) is 38.5. The molecule has 1 saturated heterocycles. The highest BCUT2D eigenvalue weighted by Crippen LogP contribution is 2.22. The highest BCUT2D eigenvalue weighted by molar-refractivity contribution is 6.14. The van der Waals surface area contributed by atoms with E-state index in [1.54, 1.807) is 48.5 Å². The molecule has 0 bridgehead atoms. The molecule has 0 amide bonds. The number of likely N-dealkylation sites (N-methyl/N-ethyl adjacent to an activating group) is 1. The van der Waals surface area contributed by atoms with Crippen LogP contribution in [0.25, 0.3) is 12.2 Å². The summed E-state index contributed by atoms with van der Waals surface area (Å²) in [5.74, 6) is -0.791. The minimum Gasteiger partial charge on any atom is -0.465 e. The second kappa shape index (κ2) is 10.00. The van der Waals surface area contributed by atoms with E-state index in [9.17, 15) is 14.4 Å². The molecular formula is C25H25NO5. The molecule has 6 nitrogen and oxygen atoms in total. The summed E-state index contributed by atoms with van der Waals surface area (Å²) in [6.07, 6.45) is 3.72. The molecule has 0 saturated carbocycles. The van der Waals surface area contributed by atoms with E-state index in [2.05, 4.69) is 11.8 Å². The number of rotatable bonds is 5. The van der Waals surface area contributed by atoms with Gasteiger partial charge in [0.2, 0.25) is 0 Å². The van der Waals surface area contributed by atoms with Crippen LogP contribution in [0, 0.1) is 0 Å². The van der Waals surface area contributed by atoms with Gasteiger partial charge in [0.15, 0.2) is 5.78 Å². The second-order valence-electron chi connectivity index (χ2n) is 7.20. The van der Waals surface area contributed by atoms with Crippen LogP contribution in [0.2, 0.25) is 0 Å². The third-order valence-electron chi connectivity index (χ3n) is 5.16. The van der Waals surface area contributed by atoms with Gasteiger partial charge in [-0.1, -0.05) is 31.2 Å². The number of methoxy groups -OCH3 is 2. The van der Waals surface area contributed by atoms with Gasteiger partial charge in [-0.15, -0.1) is 0 Å². The van der Waals surface area contributed by atoms with Gasteiger partial charge in [-0.3, -0.25) is 9.69 Å². The van der Waals surface area contributed by atoms with Crippen LogP contribution in [0.3, 0.4) is 0 Å². The van der Waals surface area contributed by atoms with E-state index in [-0.39, 0.29) is 5.78 Å². The lowest BCUT2D eigenvalue weighted by atomic mass is 9.94. The molecule has 6 heteroatoms. The largest absolute Gasteiger partial charge is 0.465 e. The van der Waals surface area contributed by atoms with Crippen molar-refractivity contribution in [3.63, 3.8) is 0 Å². The average Bonchev–Trinajstić information content (AvgIpc) is 2.81. The Morgan fingerprint density at radius 3 is 1.52 bits per heavy atom. The van der Waals surface area contributed by atoms with Crippen LogP contribution >= 0.6 is 0 Å². The molecule has 0 aliphatic carbocycles. The van der Waals surface area contributed by atoms with Crippen LogP contribution in [-0.4, -0.2) is 56.5 Å². The summed E-state index contributed by atoms with van der Waals surface area (Å²) >= 11 is 0. The number of piperidine rings is 1. The number of Topliss-reactive ketones (excluding diaryl/α,β-unsaturated/α-hetero) is 1. The molecule has 1 aliphatic heterocycles. The van der Waals surface area contributed by atoms with E-state index in [1.165, 1.54) is 14.2 Å². The van der Waals surface area contributed by atoms with Crippen LogP contribution in [0.1, 0.15) is 38.8 Å². The first-order valence-corrected chi connectivity index (χ1v) is 10.00. The van der Waals surface area contributed by atoms with Crippen molar-refractivity contribution >= 4 is 29.9 Å². The molecule has 2 aromatic carbocycles. The summed E-state index contributed by atoms with van der Waals surface area (Å²) in [7, 11) is 2.68. The van der Waals surface area contributed by atoms with E-state index in [0.717, 1.165) is 17.7 Å². The number of carbonyl (C=O) groups excluding carboxylic acids is 3. The SMILES string of the molecule is CCN1C/C(=C\c2ccc(C(=O)OC)cc2)C(=O)/C(=C/c2ccc(C(=O)OC)cc2)C1. The normalized spacial score (nSPS) is 17.1. The molecule has 1 aliphatic rings. The number of hydrogen-bond acceptors (Lipinski definition) is 6. The zero-order chi connectivity index (χ0) is 22.4. The molecule has 160 valence electrons. The van der Waals surface area contributed by atoms with Crippen LogP contribution in [0.4, 0.5) is 0 Å². The molecule has 31 heavy (non-hydrogen) atoms. The zero-order valence-electron chi connectivity index (χ0n) is 17.9. The number of likely N-dealkylation sites (tertiary alicyclic amines) is 1. The van der Waals surface area contributed by atoms with Crippen LogP contribution in [-0.2, 0) is 14.3 Å². The monoisotopic (exact) mass is 419 g/mol. The minimum atomic E-state index is -0.395. The van der Waals surface area contributed by atoms with Gasteiger partial charge in [0.1, 0.15) is 0 Å². The fourth-order valence-electron chi connectivity index (χ4n) is 3.40. The van der Waals surface area contributed by atoms with Crippen molar-refractivity contribution in [2.75, 3.05) is 33.9 Å². The Balaban J connectivity index is 1.87. The first kappa shape index (κ1) is 22.2. The zero-order valence-corrected chi connectivity index (χ0v) is 17.9. The summed E-state index contributed by atoms with van der Waals surface area (Å²) < 4.78 is 9.44. The van der Waals surface area contributed by atoms with Gasteiger partial charge >= 0.3 is 11.9 Å². The highest BCUT2D eigenvalue weighted by atomic mass is 16.5. The first-order chi connectivity index (χ1) is 14.9. The van der Waals surface area contributed by atoms with Gasteiger partial charge in [-0.2, -0.15) is 0 Å². The lowest BCUT2D eigenvalue weighted by molar-refractivity contribution is -0.113. The van der Waals surface area contributed by atoms with E-state index in [1.807, 2.05) is 12.2 Å². The molecule has 3 rings (SSSR count). The number of ketones is 1. The van der Waals surface area contributed by atoms with Crippen molar-refractivity contribution < 1.29 is 23.9 Å². The Kier molecular flexibility index (Phi) is 7.15. The molecule has 0 atom stereocenters. The van der Waals surface area contributed by atoms with Crippen LogP contribution in [0.15, 0.2) is 59.7 Å². The van der Waals surface area contributed by atoms with Crippen molar-refractivity contribution in [1.29, 1.82) is 0 Å². The van der Waals surface area contributed by atoms with Crippen LogP contribution < -0.4 is 0 Å². The summed E-state index contributed by atoms with van der Waals surface area (Å²) in [5, 5.41) is 0. The van der Waals surface area contributed by atoms with Crippen molar-refractivity contribution in [3.05, 3.63) is 81.9 Å². The van der Waals surface area contributed by atoms with E-state index < -0.39 is 11.9 Å². The number of hydrogen-bond donors (Lipinski definition) is 0. The lowest BCUT2D eigenvalue weighted by Crippen LogP contribution is -2.37. The highest BCUT2D eigenvalue weighted by Gasteiger charge is 2.25. The van der Waals surface area contributed by atoms with Crippen molar-refractivity contribution in [2.24, 2.45) is 0 Å². The Hall–Kier alpha value is -3.51. The van der Waals surface area contributed by atoms with Crippen molar-refractivity contribution in [1.82, 2.24) is 4.90 Å². The number of ether oxygens (including phenoxy) is 2. The second-order valence-corrected chi connectivity index (χ2v) is 7.20. The Labute approximate surface area is 181 Å². The molecule has 0 spiro atoms. The fraction of sp³-hybridized carbons (Fsp3) is 0.240. The van der Waals surface area contributed by atoms with Crippen LogP contribution in [0.5, 0.6) is 0 Å². The van der Waals surface area contributed by atoms with Crippen molar-refractivity contribution in [3.8, 4) is 0 Å². The molecule has 1 fully saturated rings. The van der Waals surface area contributed by atoms with E-state index >= 15 is 0 Å². The summed E-state index contributed by atoms with van der Waals surface area (Å²) in [6.45, 7) is 3.99.